The number of halogens is 1. The number of hydrogen-bond acceptors (Lipinski definition) is 6. The van der Waals surface area contributed by atoms with E-state index in [2.05, 4.69) is 21.1 Å². The third-order valence-corrected chi connectivity index (χ3v) is 3.69. The fourth-order valence-electron chi connectivity index (χ4n) is 1.46. The number of aromatic nitrogens is 1. The highest BCUT2D eigenvalue weighted by molar-refractivity contribution is 9.08. The average Bonchev–Trinajstić information content (AvgIpc) is 3.05. The number of hydrogen-bond donors (Lipinski definition) is 0. The summed E-state index contributed by atoms with van der Waals surface area (Å²) >= 11 is 4.92. The van der Waals surface area contributed by atoms with Crippen LogP contribution in [-0.4, -0.2) is 24.3 Å². The number of carbonyl (C=O) groups excluding carboxylic acids is 1. The van der Waals surface area contributed by atoms with Crippen molar-refractivity contribution < 1.29 is 18.8 Å². The first-order valence-corrected chi connectivity index (χ1v) is 7.63. The van der Waals surface area contributed by atoms with E-state index >= 15 is 0 Å². The molecule has 0 saturated carbocycles. The van der Waals surface area contributed by atoms with Crippen LogP contribution < -0.4 is 4.74 Å². The molecule has 0 aliphatic rings. The maximum absolute atomic E-state index is 11.2. The highest BCUT2D eigenvalue weighted by Gasteiger charge is 2.19. The Morgan fingerprint density at radius 1 is 1.58 bits per heavy atom. The first-order valence-electron chi connectivity index (χ1n) is 5.63. The first-order chi connectivity index (χ1) is 9.26. The summed E-state index contributed by atoms with van der Waals surface area (Å²) in [6.07, 6.45) is 0. The van der Waals surface area contributed by atoms with Gasteiger partial charge in [-0.05, 0) is 23.5 Å². The van der Waals surface area contributed by atoms with Crippen LogP contribution in [0.25, 0.3) is 10.6 Å². The molecular weight excluding hydrogens is 334 g/mol. The van der Waals surface area contributed by atoms with Crippen molar-refractivity contribution in [1.29, 1.82) is 0 Å². The molecule has 0 saturated heterocycles. The summed E-state index contributed by atoms with van der Waals surface area (Å²) in [4.78, 5) is 12.2. The largest absolute Gasteiger partial charge is 0.463 e. The molecule has 102 valence electrons. The predicted octanol–water partition coefficient (Wildman–Crippen LogP) is 3.24. The van der Waals surface area contributed by atoms with Crippen LogP contribution in [-0.2, 0) is 14.9 Å². The standard InChI is InChI=1S/C12H12BrNO4S/c1-2-16-10(15)7-17-12-8(6-13)11(18-14-12)9-4-3-5-19-9/h3-5H,2,6-7H2,1H3. The van der Waals surface area contributed by atoms with Crippen molar-refractivity contribution in [2.24, 2.45) is 0 Å². The topological polar surface area (TPSA) is 61.6 Å². The minimum absolute atomic E-state index is 0.176. The molecule has 5 nitrogen and oxygen atoms in total. The van der Waals surface area contributed by atoms with Gasteiger partial charge in [-0.1, -0.05) is 22.0 Å². The van der Waals surface area contributed by atoms with Crippen LogP contribution in [0.15, 0.2) is 22.0 Å². The molecule has 0 aliphatic heterocycles. The summed E-state index contributed by atoms with van der Waals surface area (Å²) in [5.41, 5.74) is 0.784. The molecule has 19 heavy (non-hydrogen) atoms. The summed E-state index contributed by atoms with van der Waals surface area (Å²) in [5, 5.41) is 6.33. The maximum atomic E-state index is 11.2. The lowest BCUT2D eigenvalue weighted by atomic mass is 10.2. The quantitative estimate of drug-likeness (QED) is 0.594. The van der Waals surface area contributed by atoms with Crippen molar-refractivity contribution in [1.82, 2.24) is 5.16 Å². The van der Waals surface area contributed by atoms with Gasteiger partial charge in [0.1, 0.15) is 0 Å². The Bertz CT molecular complexity index is 538. The van der Waals surface area contributed by atoms with E-state index in [0.29, 0.717) is 23.6 Å². The Morgan fingerprint density at radius 3 is 3.05 bits per heavy atom. The molecule has 0 atom stereocenters. The predicted molar refractivity (Wildman–Crippen MR) is 74.6 cm³/mol. The van der Waals surface area contributed by atoms with Gasteiger partial charge >= 0.3 is 5.97 Å². The van der Waals surface area contributed by atoms with Crippen LogP contribution in [0.3, 0.4) is 0 Å². The monoisotopic (exact) mass is 345 g/mol. The molecule has 0 spiro atoms. The van der Waals surface area contributed by atoms with Crippen LogP contribution in [0.2, 0.25) is 0 Å². The van der Waals surface area contributed by atoms with Crippen molar-refractivity contribution in [2.75, 3.05) is 13.2 Å². The normalized spacial score (nSPS) is 10.4. The molecule has 0 bridgehead atoms. The highest BCUT2D eigenvalue weighted by atomic mass is 79.9. The van der Waals surface area contributed by atoms with Gasteiger partial charge in [0.2, 0.25) is 0 Å². The lowest BCUT2D eigenvalue weighted by Crippen LogP contribution is -2.15. The van der Waals surface area contributed by atoms with Gasteiger partial charge in [0, 0.05) is 5.33 Å². The summed E-state index contributed by atoms with van der Waals surface area (Å²) in [7, 11) is 0. The van der Waals surface area contributed by atoms with E-state index in [0.717, 1.165) is 10.4 Å². The van der Waals surface area contributed by atoms with Gasteiger partial charge < -0.3 is 14.0 Å². The van der Waals surface area contributed by atoms with Crippen LogP contribution in [0.5, 0.6) is 5.88 Å². The molecule has 0 N–H and O–H groups in total. The van der Waals surface area contributed by atoms with Gasteiger partial charge in [-0.3, -0.25) is 0 Å². The van der Waals surface area contributed by atoms with E-state index in [1.54, 1.807) is 18.3 Å². The van der Waals surface area contributed by atoms with Gasteiger partial charge in [0.15, 0.2) is 12.4 Å². The third kappa shape index (κ3) is 3.36. The molecule has 2 aromatic heterocycles. The zero-order valence-electron chi connectivity index (χ0n) is 10.2. The summed E-state index contributed by atoms with van der Waals surface area (Å²) in [5.74, 6) is 0.544. The number of rotatable bonds is 6. The molecule has 2 rings (SSSR count). The minimum atomic E-state index is -0.427. The molecule has 0 unspecified atom stereocenters. The Kier molecular flexibility index (Phi) is 4.98. The van der Waals surface area contributed by atoms with Crippen molar-refractivity contribution >= 4 is 33.2 Å². The molecule has 0 radical (unpaired) electrons. The summed E-state index contributed by atoms with van der Waals surface area (Å²) in [6, 6.07) is 3.87. The average molecular weight is 346 g/mol. The zero-order valence-corrected chi connectivity index (χ0v) is 12.6. The third-order valence-electron chi connectivity index (χ3n) is 2.26. The first kappa shape index (κ1) is 14.1. The molecule has 7 heteroatoms. The Balaban J connectivity index is 2.12. The van der Waals surface area contributed by atoms with Crippen LogP contribution in [0.1, 0.15) is 12.5 Å². The molecule has 2 aromatic rings. The van der Waals surface area contributed by atoms with Crippen molar-refractivity contribution in [3.8, 4) is 16.5 Å². The number of esters is 1. The minimum Gasteiger partial charge on any atom is -0.463 e. The summed E-state index contributed by atoms with van der Waals surface area (Å²) in [6.45, 7) is 1.89. The molecule has 2 heterocycles. The second-order valence-corrected chi connectivity index (χ2v) is 5.01. The number of carbonyl (C=O) groups is 1. The fourth-order valence-corrected chi connectivity index (χ4v) is 2.68. The number of thiophene rings is 1. The highest BCUT2D eigenvalue weighted by Crippen LogP contribution is 2.34. The Morgan fingerprint density at radius 2 is 2.42 bits per heavy atom. The fraction of sp³-hybridized carbons (Fsp3) is 0.333. The molecule has 0 amide bonds. The van der Waals surface area contributed by atoms with Crippen molar-refractivity contribution in [3.05, 3.63) is 23.1 Å². The number of alkyl halides is 1. The van der Waals surface area contributed by atoms with E-state index in [4.69, 9.17) is 14.0 Å². The number of nitrogens with zero attached hydrogens (tertiary/aromatic N) is 1. The van der Waals surface area contributed by atoms with Crippen molar-refractivity contribution in [3.63, 3.8) is 0 Å². The van der Waals surface area contributed by atoms with Gasteiger partial charge in [-0.25, -0.2) is 4.79 Å². The second-order valence-electron chi connectivity index (χ2n) is 3.50. The SMILES string of the molecule is CCOC(=O)COc1noc(-c2cccs2)c1CBr. The lowest BCUT2D eigenvalue weighted by Gasteiger charge is -2.03. The van der Waals surface area contributed by atoms with Crippen LogP contribution in [0, 0.1) is 0 Å². The van der Waals surface area contributed by atoms with Gasteiger partial charge in [-0.15, -0.1) is 11.3 Å². The Hall–Kier alpha value is -1.34. The maximum Gasteiger partial charge on any atom is 0.344 e. The van der Waals surface area contributed by atoms with E-state index in [1.165, 1.54) is 0 Å². The molecule has 0 aromatic carbocycles. The van der Waals surface area contributed by atoms with Crippen LogP contribution >= 0.6 is 27.3 Å². The van der Waals surface area contributed by atoms with E-state index in [1.807, 2.05) is 17.5 Å². The van der Waals surface area contributed by atoms with Crippen molar-refractivity contribution in [2.45, 2.75) is 12.3 Å². The second kappa shape index (κ2) is 6.72. The van der Waals surface area contributed by atoms with E-state index in [9.17, 15) is 4.79 Å². The van der Waals surface area contributed by atoms with Crippen LogP contribution in [0.4, 0.5) is 0 Å². The number of ether oxygens (including phenoxy) is 2. The lowest BCUT2D eigenvalue weighted by molar-refractivity contribution is -0.145. The smallest absolute Gasteiger partial charge is 0.344 e. The summed E-state index contributed by atoms with van der Waals surface area (Å²) < 4.78 is 15.4. The molecule has 0 aliphatic carbocycles. The van der Waals surface area contributed by atoms with Gasteiger partial charge in [-0.2, -0.15) is 0 Å². The zero-order chi connectivity index (χ0) is 13.7. The molecule has 0 fully saturated rings. The van der Waals surface area contributed by atoms with E-state index in [-0.39, 0.29) is 6.61 Å². The van der Waals surface area contributed by atoms with Gasteiger partial charge in [0.05, 0.1) is 17.0 Å². The van der Waals surface area contributed by atoms with E-state index < -0.39 is 5.97 Å². The van der Waals surface area contributed by atoms with Gasteiger partial charge in [0.25, 0.3) is 5.88 Å². The molecular formula is C12H12BrNO4S. The Labute approximate surface area is 122 Å².